The Hall–Kier alpha value is -2.93. The number of likely N-dealkylation sites (tertiary alicyclic amines) is 1. The van der Waals surface area contributed by atoms with Gasteiger partial charge < -0.3 is 10.1 Å². The summed E-state index contributed by atoms with van der Waals surface area (Å²) < 4.78 is 6.75. The number of nitrogens with one attached hydrogen (secondary N) is 1. The number of anilines is 1. The Labute approximate surface area is 193 Å². The lowest BCUT2D eigenvalue weighted by atomic mass is 9.63. The molecule has 162 valence electrons. The molecular weight excluding hydrogens is 472 g/mol. The van der Waals surface area contributed by atoms with Crippen molar-refractivity contribution in [3.05, 3.63) is 65.2 Å². The van der Waals surface area contributed by atoms with Crippen LogP contribution in [0.2, 0.25) is 0 Å². The van der Waals surface area contributed by atoms with Crippen LogP contribution >= 0.6 is 15.9 Å². The summed E-state index contributed by atoms with van der Waals surface area (Å²) >= 11 is 3.39. The fourth-order valence-corrected chi connectivity index (χ4v) is 6.03. The van der Waals surface area contributed by atoms with Crippen LogP contribution in [0, 0.1) is 35.5 Å². The molecular formula is C25H21BrN2O4. The van der Waals surface area contributed by atoms with Crippen molar-refractivity contribution in [1.82, 2.24) is 4.90 Å². The van der Waals surface area contributed by atoms with Crippen molar-refractivity contribution in [3.63, 3.8) is 0 Å². The van der Waals surface area contributed by atoms with Gasteiger partial charge in [0.2, 0.25) is 17.7 Å². The first-order chi connectivity index (χ1) is 15.5. The van der Waals surface area contributed by atoms with E-state index >= 15 is 0 Å². The third kappa shape index (κ3) is 3.18. The molecule has 2 saturated carbocycles. The second-order valence-corrected chi connectivity index (χ2v) is 9.96. The highest BCUT2D eigenvalue weighted by Gasteiger charge is 2.67. The highest BCUT2D eigenvalue weighted by molar-refractivity contribution is 9.10. The van der Waals surface area contributed by atoms with E-state index in [0.717, 1.165) is 10.9 Å². The highest BCUT2D eigenvalue weighted by Crippen LogP contribution is 2.65. The van der Waals surface area contributed by atoms with Crippen LogP contribution in [-0.2, 0) is 14.4 Å². The summed E-state index contributed by atoms with van der Waals surface area (Å²) in [4.78, 5) is 39.8. The van der Waals surface area contributed by atoms with Gasteiger partial charge in [0.05, 0.1) is 11.8 Å². The van der Waals surface area contributed by atoms with Crippen LogP contribution < -0.4 is 10.1 Å². The van der Waals surface area contributed by atoms with Crippen molar-refractivity contribution >= 4 is 39.3 Å². The molecule has 4 aliphatic carbocycles. The van der Waals surface area contributed by atoms with Gasteiger partial charge >= 0.3 is 0 Å². The predicted molar refractivity (Wildman–Crippen MR) is 121 cm³/mol. The molecule has 1 aliphatic heterocycles. The molecule has 7 heteroatoms. The summed E-state index contributed by atoms with van der Waals surface area (Å²) in [5.41, 5.74) is 0.581. The van der Waals surface area contributed by atoms with Crippen molar-refractivity contribution < 1.29 is 19.1 Å². The maximum Gasteiger partial charge on any atom is 0.244 e. The van der Waals surface area contributed by atoms with Gasteiger partial charge in [-0.15, -0.1) is 0 Å². The maximum atomic E-state index is 13.0. The fraction of sp³-hybridized carbons (Fsp3) is 0.320. The molecule has 5 aliphatic rings. The molecule has 7 rings (SSSR count). The minimum atomic E-state index is -0.377. The van der Waals surface area contributed by atoms with E-state index < -0.39 is 0 Å². The van der Waals surface area contributed by atoms with Gasteiger partial charge in [-0.25, -0.2) is 0 Å². The van der Waals surface area contributed by atoms with E-state index in [4.69, 9.17) is 4.74 Å². The van der Waals surface area contributed by atoms with Gasteiger partial charge in [0.1, 0.15) is 18.0 Å². The summed E-state index contributed by atoms with van der Waals surface area (Å²) in [5, 5.41) is 2.78. The Morgan fingerprint density at radius 1 is 0.906 bits per heavy atom. The zero-order chi connectivity index (χ0) is 22.0. The molecule has 0 spiro atoms. The number of hydrogen-bond acceptors (Lipinski definition) is 4. The summed E-state index contributed by atoms with van der Waals surface area (Å²) in [7, 11) is 0. The zero-order valence-corrected chi connectivity index (χ0v) is 18.7. The van der Waals surface area contributed by atoms with E-state index in [1.54, 1.807) is 24.3 Å². The number of nitrogens with zero attached hydrogens (tertiary/aromatic N) is 1. The first kappa shape index (κ1) is 19.7. The minimum absolute atomic E-state index is 0.165. The van der Waals surface area contributed by atoms with E-state index in [0.29, 0.717) is 29.0 Å². The van der Waals surface area contributed by atoms with Crippen LogP contribution in [0.3, 0.4) is 0 Å². The maximum absolute atomic E-state index is 13.0. The molecule has 2 aromatic rings. The number of allylic oxidation sites excluding steroid dienone is 2. The number of hydrogen-bond donors (Lipinski definition) is 1. The third-order valence-corrected chi connectivity index (χ3v) is 7.77. The molecule has 0 unspecified atom stereocenters. The number of rotatable bonds is 5. The average molecular weight is 493 g/mol. The van der Waals surface area contributed by atoms with Gasteiger partial charge in [-0.2, -0.15) is 0 Å². The number of amides is 3. The molecule has 3 fully saturated rings. The Morgan fingerprint density at radius 2 is 1.44 bits per heavy atom. The number of ether oxygens (including phenoxy) is 1. The lowest BCUT2D eigenvalue weighted by molar-refractivity contribution is -0.142. The molecule has 3 amide bonds. The lowest BCUT2D eigenvalue weighted by Crippen LogP contribution is -2.40. The van der Waals surface area contributed by atoms with Crippen LogP contribution in [0.4, 0.5) is 5.69 Å². The summed E-state index contributed by atoms with van der Waals surface area (Å²) in [6, 6.07) is 14.5. The Morgan fingerprint density at radius 3 is 2.00 bits per heavy atom. The van der Waals surface area contributed by atoms with E-state index in [1.165, 1.54) is 4.90 Å². The molecule has 1 heterocycles. The zero-order valence-electron chi connectivity index (χ0n) is 17.1. The number of imide groups is 1. The van der Waals surface area contributed by atoms with Crippen molar-refractivity contribution in [1.29, 1.82) is 0 Å². The van der Waals surface area contributed by atoms with Gasteiger partial charge in [-0.05, 0) is 78.6 Å². The second-order valence-electron chi connectivity index (χ2n) is 9.05. The number of halogens is 1. The van der Waals surface area contributed by atoms with E-state index in [9.17, 15) is 14.4 Å². The van der Waals surface area contributed by atoms with Crippen molar-refractivity contribution in [2.24, 2.45) is 35.5 Å². The lowest BCUT2D eigenvalue weighted by Gasteiger charge is -2.37. The fourth-order valence-electron chi connectivity index (χ4n) is 5.76. The Bertz CT molecular complexity index is 1110. The van der Waals surface area contributed by atoms with Crippen LogP contribution in [0.5, 0.6) is 11.5 Å². The van der Waals surface area contributed by atoms with E-state index in [-0.39, 0.29) is 47.9 Å². The topological polar surface area (TPSA) is 75.7 Å². The van der Waals surface area contributed by atoms with Gasteiger partial charge in [-0.3, -0.25) is 19.3 Å². The Balaban J connectivity index is 1.09. The van der Waals surface area contributed by atoms with Crippen LogP contribution in [0.1, 0.15) is 6.42 Å². The SMILES string of the molecule is O=C(CN1C(=O)[C@H]2[C@@H]3C=C[C@@H]([C@H]4C[C@H]34)[C@@H]2C1=O)Nc1ccc(Oc2ccc(Br)cc2)cc1. The second kappa shape index (κ2) is 7.30. The highest BCUT2D eigenvalue weighted by atomic mass is 79.9. The average Bonchev–Trinajstić information content (AvgIpc) is 3.58. The molecule has 1 saturated heterocycles. The first-order valence-corrected chi connectivity index (χ1v) is 11.7. The standard InChI is InChI=1S/C25H21BrN2O4/c26-13-1-5-15(6-2-13)32-16-7-3-14(4-8-16)27-21(29)12-28-24(30)22-17-9-10-18(20-11-19(17)20)23(22)25(28)31/h1-10,17-20,22-23H,11-12H2,(H,27,29)/t17-,18+,19-,20-,22+,23+/m1/s1. The van der Waals surface area contributed by atoms with Gasteiger partial charge in [0, 0.05) is 10.2 Å². The molecule has 6 atom stereocenters. The molecule has 2 bridgehead atoms. The normalized spacial score (nSPS) is 31.3. The van der Waals surface area contributed by atoms with Gasteiger partial charge in [0.25, 0.3) is 0 Å². The summed E-state index contributed by atoms with van der Waals surface area (Å²) in [5.74, 6) is 1.49. The number of carbonyl (C=O) groups excluding carboxylic acids is 3. The van der Waals surface area contributed by atoms with Gasteiger partial charge in [0.15, 0.2) is 0 Å². The summed E-state index contributed by atoms with van der Waals surface area (Å²) in [6.07, 6.45) is 5.39. The van der Waals surface area contributed by atoms with E-state index in [1.807, 2.05) is 24.3 Å². The van der Waals surface area contributed by atoms with Crippen LogP contribution in [0.25, 0.3) is 0 Å². The minimum Gasteiger partial charge on any atom is -0.457 e. The molecule has 2 aromatic carbocycles. The smallest absolute Gasteiger partial charge is 0.244 e. The number of carbonyl (C=O) groups is 3. The molecule has 0 aromatic heterocycles. The predicted octanol–water partition coefficient (Wildman–Crippen LogP) is 4.23. The molecule has 6 nitrogen and oxygen atoms in total. The largest absolute Gasteiger partial charge is 0.457 e. The van der Waals surface area contributed by atoms with Crippen LogP contribution in [-0.4, -0.2) is 29.2 Å². The van der Waals surface area contributed by atoms with Crippen LogP contribution in [0.15, 0.2) is 65.2 Å². The van der Waals surface area contributed by atoms with Crippen molar-refractivity contribution in [2.75, 3.05) is 11.9 Å². The van der Waals surface area contributed by atoms with Crippen molar-refractivity contribution in [2.45, 2.75) is 6.42 Å². The Kier molecular flexibility index (Phi) is 4.50. The monoisotopic (exact) mass is 492 g/mol. The molecule has 32 heavy (non-hydrogen) atoms. The number of benzene rings is 2. The van der Waals surface area contributed by atoms with Gasteiger partial charge in [-0.1, -0.05) is 28.1 Å². The summed E-state index contributed by atoms with van der Waals surface area (Å²) in [6.45, 7) is -0.239. The van der Waals surface area contributed by atoms with Crippen molar-refractivity contribution in [3.8, 4) is 11.5 Å². The quantitative estimate of drug-likeness (QED) is 0.500. The first-order valence-electron chi connectivity index (χ1n) is 10.9. The molecule has 1 N–H and O–H groups in total. The van der Waals surface area contributed by atoms with E-state index in [2.05, 4.69) is 33.4 Å². The third-order valence-electron chi connectivity index (χ3n) is 7.24. The molecule has 0 radical (unpaired) electrons.